The lowest BCUT2D eigenvalue weighted by molar-refractivity contribution is -0.137. The molecule has 1 heterocycles. The number of hydrogen-bond donors (Lipinski definition) is 2. The molecule has 1 saturated heterocycles. The topological polar surface area (TPSA) is 105 Å². The van der Waals surface area contributed by atoms with E-state index in [4.69, 9.17) is 10.5 Å². The molecule has 140 valence electrons. The summed E-state index contributed by atoms with van der Waals surface area (Å²) in [7, 11) is 0. The zero-order valence-corrected chi connectivity index (χ0v) is 14.8. The van der Waals surface area contributed by atoms with E-state index in [1.165, 1.54) is 11.0 Å². The van der Waals surface area contributed by atoms with Gasteiger partial charge in [-0.3, -0.25) is 0 Å². The highest BCUT2D eigenvalue weighted by Gasteiger charge is 2.20. The molecule has 1 aliphatic heterocycles. The molecule has 1 aliphatic rings. The summed E-state index contributed by atoms with van der Waals surface area (Å²) in [5, 5.41) is 2.83. The molecule has 0 atom stereocenters. The lowest BCUT2D eigenvalue weighted by Crippen LogP contribution is -2.40. The highest BCUT2D eigenvalue weighted by Crippen LogP contribution is 2.13. The lowest BCUT2D eigenvalue weighted by atomic mass is 10.2. The summed E-state index contributed by atoms with van der Waals surface area (Å²) in [4.78, 5) is 38.1. The molecule has 1 fully saturated rings. The van der Waals surface area contributed by atoms with Gasteiger partial charge in [0.15, 0.2) is 0 Å². The third kappa shape index (κ3) is 5.80. The highest BCUT2D eigenvalue weighted by atomic mass is 16.5. The molecule has 8 heteroatoms. The van der Waals surface area contributed by atoms with Gasteiger partial charge < -0.3 is 25.6 Å². The summed E-state index contributed by atoms with van der Waals surface area (Å²) in [6.45, 7) is 4.08. The highest BCUT2D eigenvalue weighted by molar-refractivity contribution is 5.90. The second-order valence-electron chi connectivity index (χ2n) is 5.80. The van der Waals surface area contributed by atoms with E-state index in [-0.39, 0.29) is 6.03 Å². The Morgan fingerprint density at radius 3 is 2.42 bits per heavy atom. The van der Waals surface area contributed by atoms with Gasteiger partial charge >= 0.3 is 18.0 Å². The average Bonchev–Trinajstić information content (AvgIpc) is 2.88. The molecule has 0 radical (unpaired) electrons. The number of nitrogens with zero attached hydrogens (tertiary/aromatic N) is 2. The fraction of sp³-hybridized carbons (Fsp3) is 0.389. The van der Waals surface area contributed by atoms with Crippen molar-refractivity contribution in [3.05, 3.63) is 35.9 Å². The monoisotopic (exact) mass is 360 g/mol. The fourth-order valence-corrected chi connectivity index (χ4v) is 2.58. The number of carbonyl (C=O) groups is 3. The normalized spacial score (nSPS) is 14.8. The third-order valence-electron chi connectivity index (χ3n) is 3.96. The number of ether oxygens (including phenoxy) is 1. The standard InChI is InChI=1S/C18H24N4O4/c1-2-26-16(23)9-6-14-4-7-15(8-5-14)20-18(25)22-11-3-10-21(12-13-22)17(19)24/h4-9H,2-3,10-13H2,1H3,(H2,19,24)(H,20,25)/b9-6+. The lowest BCUT2D eigenvalue weighted by Gasteiger charge is -2.21. The Kier molecular flexibility index (Phi) is 7.02. The van der Waals surface area contributed by atoms with Crippen LogP contribution < -0.4 is 11.1 Å². The van der Waals surface area contributed by atoms with Crippen LogP contribution in [0.1, 0.15) is 18.9 Å². The second-order valence-corrected chi connectivity index (χ2v) is 5.80. The van der Waals surface area contributed by atoms with Crippen LogP contribution in [-0.2, 0) is 9.53 Å². The number of benzene rings is 1. The van der Waals surface area contributed by atoms with Crippen molar-refractivity contribution in [2.45, 2.75) is 13.3 Å². The van der Waals surface area contributed by atoms with Crippen LogP contribution in [0, 0.1) is 0 Å². The number of rotatable bonds is 4. The van der Waals surface area contributed by atoms with E-state index in [1.54, 1.807) is 42.2 Å². The van der Waals surface area contributed by atoms with Crippen molar-refractivity contribution in [1.29, 1.82) is 0 Å². The van der Waals surface area contributed by atoms with E-state index in [1.807, 2.05) is 0 Å². The molecule has 0 aromatic heterocycles. The number of esters is 1. The zero-order valence-electron chi connectivity index (χ0n) is 14.8. The first-order chi connectivity index (χ1) is 12.5. The van der Waals surface area contributed by atoms with Gasteiger partial charge in [-0.25, -0.2) is 14.4 Å². The van der Waals surface area contributed by atoms with Gasteiger partial charge in [0.2, 0.25) is 0 Å². The Balaban J connectivity index is 1.89. The van der Waals surface area contributed by atoms with E-state index in [9.17, 15) is 14.4 Å². The zero-order chi connectivity index (χ0) is 18.9. The predicted octanol–water partition coefficient (Wildman–Crippen LogP) is 1.88. The summed E-state index contributed by atoms with van der Waals surface area (Å²) < 4.78 is 4.82. The van der Waals surface area contributed by atoms with E-state index >= 15 is 0 Å². The molecule has 0 bridgehead atoms. The van der Waals surface area contributed by atoms with Gasteiger partial charge in [-0.1, -0.05) is 12.1 Å². The van der Waals surface area contributed by atoms with Crippen LogP contribution in [0.3, 0.4) is 0 Å². The van der Waals surface area contributed by atoms with E-state index in [0.29, 0.717) is 44.9 Å². The van der Waals surface area contributed by atoms with E-state index in [2.05, 4.69) is 5.32 Å². The van der Waals surface area contributed by atoms with Crippen molar-refractivity contribution in [3.63, 3.8) is 0 Å². The van der Waals surface area contributed by atoms with Crippen molar-refractivity contribution >= 4 is 29.8 Å². The fourth-order valence-electron chi connectivity index (χ4n) is 2.58. The predicted molar refractivity (Wildman–Crippen MR) is 98.5 cm³/mol. The average molecular weight is 360 g/mol. The Morgan fingerprint density at radius 1 is 1.12 bits per heavy atom. The molecule has 26 heavy (non-hydrogen) atoms. The van der Waals surface area contributed by atoms with Gasteiger partial charge in [0.1, 0.15) is 0 Å². The van der Waals surface area contributed by atoms with Crippen LogP contribution in [0.2, 0.25) is 0 Å². The SMILES string of the molecule is CCOC(=O)/C=C/c1ccc(NC(=O)N2CCCN(C(N)=O)CC2)cc1. The Morgan fingerprint density at radius 2 is 1.77 bits per heavy atom. The Bertz CT molecular complexity index is 672. The minimum absolute atomic E-state index is 0.217. The Hall–Kier alpha value is -3.03. The summed E-state index contributed by atoms with van der Waals surface area (Å²) in [5.41, 5.74) is 6.76. The van der Waals surface area contributed by atoms with E-state index in [0.717, 1.165) is 5.56 Å². The number of nitrogens with two attached hydrogens (primary N) is 1. The number of primary amides is 1. The van der Waals surface area contributed by atoms with Crippen molar-refractivity contribution in [3.8, 4) is 0 Å². The molecule has 4 amide bonds. The van der Waals surface area contributed by atoms with Gasteiger partial charge in [0.25, 0.3) is 0 Å². The van der Waals surface area contributed by atoms with Gasteiger partial charge in [0, 0.05) is 37.9 Å². The molecular weight excluding hydrogens is 336 g/mol. The minimum atomic E-state index is -0.460. The van der Waals surface area contributed by atoms with Gasteiger partial charge in [-0.15, -0.1) is 0 Å². The second kappa shape index (κ2) is 9.45. The first kappa shape index (κ1) is 19.3. The van der Waals surface area contributed by atoms with E-state index < -0.39 is 12.0 Å². The molecule has 1 aromatic carbocycles. The molecule has 8 nitrogen and oxygen atoms in total. The summed E-state index contributed by atoms with van der Waals surface area (Å²) in [6.07, 6.45) is 3.70. The largest absolute Gasteiger partial charge is 0.463 e. The molecule has 1 aromatic rings. The molecule has 0 spiro atoms. The molecular formula is C18H24N4O4. The van der Waals surface area contributed by atoms with Crippen molar-refractivity contribution in [2.24, 2.45) is 5.73 Å². The smallest absolute Gasteiger partial charge is 0.330 e. The van der Waals surface area contributed by atoms with Crippen molar-refractivity contribution in [1.82, 2.24) is 9.80 Å². The van der Waals surface area contributed by atoms with Crippen LogP contribution in [0.15, 0.2) is 30.3 Å². The summed E-state index contributed by atoms with van der Waals surface area (Å²) >= 11 is 0. The third-order valence-corrected chi connectivity index (χ3v) is 3.96. The van der Waals surface area contributed by atoms with Gasteiger partial charge in [-0.2, -0.15) is 0 Å². The number of hydrogen-bond acceptors (Lipinski definition) is 4. The number of carbonyl (C=O) groups excluding carboxylic acids is 3. The van der Waals surface area contributed by atoms with Crippen LogP contribution in [0.5, 0.6) is 0 Å². The maximum absolute atomic E-state index is 12.4. The van der Waals surface area contributed by atoms with Crippen LogP contribution >= 0.6 is 0 Å². The van der Waals surface area contributed by atoms with Crippen LogP contribution in [-0.4, -0.2) is 60.6 Å². The molecule has 0 aliphatic carbocycles. The summed E-state index contributed by atoms with van der Waals surface area (Å²) in [5.74, 6) is -0.393. The number of anilines is 1. The summed E-state index contributed by atoms with van der Waals surface area (Å²) in [6, 6.07) is 6.43. The van der Waals surface area contributed by atoms with Crippen molar-refractivity contribution in [2.75, 3.05) is 38.1 Å². The molecule has 0 saturated carbocycles. The van der Waals surface area contributed by atoms with Crippen molar-refractivity contribution < 1.29 is 19.1 Å². The molecule has 0 unspecified atom stereocenters. The minimum Gasteiger partial charge on any atom is -0.463 e. The van der Waals surface area contributed by atoms with Crippen LogP contribution in [0.25, 0.3) is 6.08 Å². The van der Waals surface area contributed by atoms with Crippen LogP contribution in [0.4, 0.5) is 15.3 Å². The maximum Gasteiger partial charge on any atom is 0.330 e. The van der Waals surface area contributed by atoms with Gasteiger partial charge in [-0.05, 0) is 37.1 Å². The first-order valence-electron chi connectivity index (χ1n) is 8.55. The number of nitrogens with one attached hydrogen (secondary N) is 1. The first-order valence-corrected chi connectivity index (χ1v) is 8.55. The molecule has 2 rings (SSSR count). The Labute approximate surface area is 152 Å². The number of amides is 4. The maximum atomic E-state index is 12.4. The quantitative estimate of drug-likeness (QED) is 0.632. The molecule has 3 N–H and O–H groups in total. The number of urea groups is 2. The van der Waals surface area contributed by atoms with Gasteiger partial charge in [0.05, 0.1) is 6.61 Å².